The van der Waals surface area contributed by atoms with E-state index in [1.54, 1.807) is 0 Å². The second-order valence-corrected chi connectivity index (χ2v) is 3.61. The molecule has 0 spiro atoms. The van der Waals surface area contributed by atoms with E-state index < -0.39 is 18.0 Å². The Balaban J connectivity index is 4.04. The number of Topliss-reactive ketones (excluding diaryl/α,β-unsaturated/α-hetero) is 1. The molecular weight excluding hydrogens is 212 g/mol. The molecule has 0 aliphatic heterocycles. The Labute approximate surface area is 95.1 Å². The van der Waals surface area contributed by atoms with Gasteiger partial charge in [-0.25, -0.2) is 0 Å². The molecule has 0 amide bonds. The Morgan fingerprint density at radius 2 is 1.81 bits per heavy atom. The van der Waals surface area contributed by atoms with Gasteiger partial charge in [0.15, 0.2) is 0 Å². The normalized spacial score (nSPS) is 11.7. The van der Waals surface area contributed by atoms with Crippen molar-refractivity contribution in [3.63, 3.8) is 0 Å². The average Bonchev–Trinajstić information content (AvgIpc) is 2.15. The highest BCUT2D eigenvalue weighted by Crippen LogP contribution is 2.10. The molecule has 0 saturated heterocycles. The first-order valence-corrected chi connectivity index (χ1v) is 5.19. The number of carbonyl (C=O) groups is 3. The lowest BCUT2D eigenvalue weighted by molar-refractivity contribution is -0.152. The van der Waals surface area contributed by atoms with Crippen LogP contribution in [0.4, 0.5) is 0 Å². The van der Waals surface area contributed by atoms with E-state index in [0.29, 0.717) is 19.3 Å². The second kappa shape index (κ2) is 7.84. The molecule has 0 rings (SSSR count). The van der Waals surface area contributed by atoms with Crippen molar-refractivity contribution in [2.45, 2.75) is 45.6 Å². The number of ketones is 1. The molecule has 0 fully saturated rings. The summed E-state index contributed by atoms with van der Waals surface area (Å²) in [6.07, 6.45) is 1.06. The monoisotopic (exact) mass is 230 g/mol. The predicted molar refractivity (Wildman–Crippen MR) is 56.7 cm³/mol. The molecular formula is C11H18O5. The standard InChI is InChI=1S/C11H18O5/c1-8(12)5-4-6-10(16-9(2)13)7-11(14)15-3/h10H,4-7H2,1-3H3. The second-order valence-electron chi connectivity index (χ2n) is 3.61. The summed E-state index contributed by atoms with van der Waals surface area (Å²) < 4.78 is 9.45. The van der Waals surface area contributed by atoms with Crippen molar-refractivity contribution < 1.29 is 23.9 Å². The number of esters is 2. The van der Waals surface area contributed by atoms with Crippen LogP contribution in [0.25, 0.3) is 0 Å². The molecule has 0 aliphatic rings. The molecule has 92 valence electrons. The van der Waals surface area contributed by atoms with E-state index >= 15 is 0 Å². The van der Waals surface area contributed by atoms with Crippen molar-refractivity contribution in [3.05, 3.63) is 0 Å². The summed E-state index contributed by atoms with van der Waals surface area (Å²) in [5.74, 6) is -0.773. The van der Waals surface area contributed by atoms with Gasteiger partial charge in [-0.3, -0.25) is 9.59 Å². The number of carbonyl (C=O) groups excluding carboxylic acids is 3. The average molecular weight is 230 g/mol. The molecule has 0 aromatic rings. The maximum absolute atomic E-state index is 11.0. The SMILES string of the molecule is COC(=O)CC(CCCC(C)=O)OC(C)=O. The van der Waals surface area contributed by atoms with Crippen LogP contribution in [-0.4, -0.2) is 30.9 Å². The van der Waals surface area contributed by atoms with Crippen LogP contribution in [-0.2, 0) is 23.9 Å². The molecule has 0 heterocycles. The number of hydrogen-bond donors (Lipinski definition) is 0. The molecule has 0 aromatic heterocycles. The smallest absolute Gasteiger partial charge is 0.309 e. The quantitative estimate of drug-likeness (QED) is 0.615. The van der Waals surface area contributed by atoms with Crippen molar-refractivity contribution in [2.24, 2.45) is 0 Å². The first kappa shape index (κ1) is 14.6. The summed E-state index contributed by atoms with van der Waals surface area (Å²) in [6, 6.07) is 0. The van der Waals surface area contributed by atoms with Gasteiger partial charge in [0.1, 0.15) is 11.9 Å². The molecule has 0 aromatic carbocycles. The van der Waals surface area contributed by atoms with Gasteiger partial charge >= 0.3 is 11.9 Å². The Morgan fingerprint density at radius 1 is 1.19 bits per heavy atom. The Kier molecular flexibility index (Phi) is 7.16. The fourth-order valence-electron chi connectivity index (χ4n) is 1.29. The predicted octanol–water partition coefficient (Wildman–Crippen LogP) is 1.24. The fraction of sp³-hybridized carbons (Fsp3) is 0.727. The van der Waals surface area contributed by atoms with E-state index in [1.165, 1.54) is 21.0 Å². The zero-order chi connectivity index (χ0) is 12.6. The lowest BCUT2D eigenvalue weighted by atomic mass is 10.1. The molecule has 16 heavy (non-hydrogen) atoms. The minimum absolute atomic E-state index is 0.0357. The van der Waals surface area contributed by atoms with Gasteiger partial charge in [-0.2, -0.15) is 0 Å². The van der Waals surface area contributed by atoms with Gasteiger partial charge in [-0.15, -0.1) is 0 Å². The van der Waals surface area contributed by atoms with Gasteiger partial charge in [-0.1, -0.05) is 0 Å². The van der Waals surface area contributed by atoms with Crippen LogP contribution in [0.15, 0.2) is 0 Å². The summed E-state index contributed by atoms with van der Waals surface area (Å²) >= 11 is 0. The first-order chi connectivity index (χ1) is 7.45. The number of rotatable bonds is 7. The van der Waals surface area contributed by atoms with Gasteiger partial charge in [0.05, 0.1) is 13.5 Å². The molecule has 0 aliphatic carbocycles. The maximum Gasteiger partial charge on any atom is 0.309 e. The first-order valence-electron chi connectivity index (χ1n) is 5.19. The van der Waals surface area contributed by atoms with Crippen LogP contribution < -0.4 is 0 Å². The van der Waals surface area contributed by atoms with Crippen LogP contribution in [0.2, 0.25) is 0 Å². The Hall–Kier alpha value is -1.39. The molecule has 5 nitrogen and oxygen atoms in total. The lowest BCUT2D eigenvalue weighted by Gasteiger charge is -2.15. The largest absolute Gasteiger partial charge is 0.469 e. The number of methoxy groups -OCH3 is 1. The molecule has 1 atom stereocenters. The van der Waals surface area contributed by atoms with Gasteiger partial charge in [0.25, 0.3) is 0 Å². The molecule has 0 N–H and O–H groups in total. The van der Waals surface area contributed by atoms with Gasteiger partial charge in [0, 0.05) is 13.3 Å². The van der Waals surface area contributed by atoms with Gasteiger partial charge in [-0.05, 0) is 19.8 Å². The Bertz CT molecular complexity index is 259. The van der Waals surface area contributed by atoms with E-state index in [-0.39, 0.29) is 12.2 Å². The van der Waals surface area contributed by atoms with Crippen LogP contribution in [0.3, 0.4) is 0 Å². The van der Waals surface area contributed by atoms with Crippen molar-refractivity contribution >= 4 is 17.7 Å². The maximum atomic E-state index is 11.0. The van der Waals surface area contributed by atoms with Crippen LogP contribution >= 0.6 is 0 Å². The van der Waals surface area contributed by atoms with Crippen LogP contribution in [0, 0.1) is 0 Å². The van der Waals surface area contributed by atoms with Gasteiger partial charge in [0.2, 0.25) is 0 Å². The molecule has 5 heteroatoms. The summed E-state index contributed by atoms with van der Waals surface area (Å²) in [7, 11) is 1.28. The third kappa shape index (κ3) is 7.96. The highest BCUT2D eigenvalue weighted by Gasteiger charge is 2.17. The molecule has 0 saturated carbocycles. The summed E-state index contributed by atoms with van der Waals surface area (Å²) in [5, 5.41) is 0. The molecule has 1 unspecified atom stereocenters. The van der Waals surface area contributed by atoms with Gasteiger partial charge < -0.3 is 14.3 Å². The summed E-state index contributed by atoms with van der Waals surface area (Å²) in [6.45, 7) is 2.79. The highest BCUT2D eigenvalue weighted by atomic mass is 16.6. The van der Waals surface area contributed by atoms with E-state index in [0.717, 1.165) is 0 Å². The molecule has 0 radical (unpaired) electrons. The van der Waals surface area contributed by atoms with Crippen molar-refractivity contribution in [3.8, 4) is 0 Å². The van der Waals surface area contributed by atoms with E-state index in [2.05, 4.69) is 4.74 Å². The number of hydrogen-bond acceptors (Lipinski definition) is 5. The minimum atomic E-state index is -0.496. The van der Waals surface area contributed by atoms with Crippen molar-refractivity contribution in [1.82, 2.24) is 0 Å². The number of ether oxygens (including phenoxy) is 2. The zero-order valence-corrected chi connectivity index (χ0v) is 9.95. The lowest BCUT2D eigenvalue weighted by Crippen LogP contribution is -2.21. The topological polar surface area (TPSA) is 69.7 Å². The van der Waals surface area contributed by atoms with Crippen LogP contribution in [0.5, 0.6) is 0 Å². The van der Waals surface area contributed by atoms with Crippen molar-refractivity contribution in [2.75, 3.05) is 7.11 Å². The Morgan fingerprint density at radius 3 is 2.25 bits per heavy atom. The highest BCUT2D eigenvalue weighted by molar-refractivity contribution is 5.75. The fourth-order valence-corrected chi connectivity index (χ4v) is 1.29. The van der Waals surface area contributed by atoms with Crippen LogP contribution in [0.1, 0.15) is 39.5 Å². The molecule has 0 bridgehead atoms. The van der Waals surface area contributed by atoms with E-state index in [4.69, 9.17) is 4.74 Å². The summed E-state index contributed by atoms with van der Waals surface area (Å²) in [4.78, 5) is 32.5. The minimum Gasteiger partial charge on any atom is -0.469 e. The zero-order valence-electron chi connectivity index (χ0n) is 9.95. The van der Waals surface area contributed by atoms with E-state index in [1.807, 2.05) is 0 Å². The third-order valence-electron chi connectivity index (χ3n) is 2.01. The van der Waals surface area contributed by atoms with E-state index in [9.17, 15) is 14.4 Å². The third-order valence-corrected chi connectivity index (χ3v) is 2.01. The summed E-state index contributed by atoms with van der Waals surface area (Å²) in [5.41, 5.74) is 0. The van der Waals surface area contributed by atoms with Crippen molar-refractivity contribution in [1.29, 1.82) is 0 Å².